The molecule has 0 fully saturated rings. The number of carbonyl (C=O) groups is 1. The molecule has 0 aromatic heterocycles. The first-order valence-corrected chi connectivity index (χ1v) is 8.28. The Balaban J connectivity index is 2.10. The quantitative estimate of drug-likeness (QED) is 0.702. The van der Waals surface area contributed by atoms with Crippen molar-refractivity contribution in [2.45, 2.75) is 19.3 Å². The van der Waals surface area contributed by atoms with Gasteiger partial charge in [0.2, 0.25) is 5.91 Å². The second kappa shape index (κ2) is 9.16. The van der Waals surface area contributed by atoms with Crippen LogP contribution in [0.15, 0.2) is 48.5 Å². The molecule has 0 aliphatic carbocycles. The Labute approximate surface area is 160 Å². The van der Waals surface area contributed by atoms with E-state index in [2.05, 4.69) is 10.1 Å². The molecule has 28 heavy (non-hydrogen) atoms. The lowest BCUT2D eigenvalue weighted by Gasteiger charge is -2.17. The fourth-order valence-electron chi connectivity index (χ4n) is 2.52. The van der Waals surface area contributed by atoms with Gasteiger partial charge < -0.3 is 19.5 Å². The van der Waals surface area contributed by atoms with Crippen LogP contribution in [-0.4, -0.2) is 26.5 Å². The molecule has 0 saturated carbocycles. The number of para-hydroxylation sites is 1. The second-order valence-electron chi connectivity index (χ2n) is 5.76. The van der Waals surface area contributed by atoms with E-state index in [9.17, 15) is 18.0 Å². The Kier molecular flexibility index (Phi) is 6.92. The zero-order valence-corrected chi connectivity index (χ0v) is 15.5. The highest BCUT2D eigenvalue weighted by Gasteiger charge is 2.31. The van der Waals surface area contributed by atoms with Crippen LogP contribution in [0.1, 0.15) is 24.1 Å². The van der Waals surface area contributed by atoms with Gasteiger partial charge in [0, 0.05) is 23.3 Å². The van der Waals surface area contributed by atoms with Gasteiger partial charge in [-0.25, -0.2) is 0 Å². The van der Waals surface area contributed by atoms with Crippen molar-refractivity contribution in [2.24, 2.45) is 0 Å². The van der Waals surface area contributed by atoms with E-state index in [1.807, 2.05) is 0 Å². The summed E-state index contributed by atoms with van der Waals surface area (Å²) < 4.78 is 51.8. The van der Waals surface area contributed by atoms with Crippen molar-refractivity contribution in [3.05, 3.63) is 59.7 Å². The minimum absolute atomic E-state index is 0.129. The topological polar surface area (TPSA) is 56.8 Å². The van der Waals surface area contributed by atoms with Gasteiger partial charge in [0.1, 0.15) is 17.2 Å². The third kappa shape index (κ3) is 5.94. The molecule has 0 aliphatic heterocycles. The molecule has 0 radical (unpaired) electrons. The molecular weight excluding hydrogens is 375 g/mol. The van der Waals surface area contributed by atoms with Crippen LogP contribution in [0.5, 0.6) is 17.2 Å². The maximum absolute atomic E-state index is 12.5. The van der Waals surface area contributed by atoms with Crippen LogP contribution in [0.4, 0.5) is 13.2 Å². The molecule has 1 atom stereocenters. The van der Waals surface area contributed by atoms with Crippen LogP contribution >= 0.6 is 0 Å². The summed E-state index contributed by atoms with van der Waals surface area (Å²) in [5.74, 6) is 0.288. The number of ether oxygens (including phenoxy) is 3. The summed E-state index contributed by atoms with van der Waals surface area (Å²) in [6.07, 6.45) is -2.41. The average molecular weight is 395 g/mol. The first kappa shape index (κ1) is 21.1. The van der Waals surface area contributed by atoms with E-state index in [-0.39, 0.29) is 11.3 Å². The molecule has 0 bridgehead atoms. The number of carbonyl (C=O) groups excluding carboxylic acids is 1. The minimum Gasteiger partial charge on any atom is -0.497 e. The van der Waals surface area contributed by atoms with E-state index >= 15 is 0 Å². The first-order chi connectivity index (χ1) is 13.2. The average Bonchev–Trinajstić information content (AvgIpc) is 2.65. The molecule has 2 aromatic rings. The lowest BCUT2D eigenvalue weighted by Crippen LogP contribution is -2.25. The molecule has 1 unspecified atom stereocenters. The molecule has 0 spiro atoms. The maximum Gasteiger partial charge on any atom is 0.573 e. The van der Waals surface area contributed by atoms with Crippen molar-refractivity contribution in [3.8, 4) is 17.2 Å². The molecule has 0 heterocycles. The van der Waals surface area contributed by atoms with Crippen LogP contribution in [0.3, 0.4) is 0 Å². The molecule has 0 aliphatic rings. The van der Waals surface area contributed by atoms with Crippen molar-refractivity contribution in [3.63, 3.8) is 0 Å². The molecule has 1 N–H and O–H groups in total. The second-order valence-corrected chi connectivity index (χ2v) is 5.76. The van der Waals surface area contributed by atoms with Crippen LogP contribution in [0, 0.1) is 0 Å². The maximum atomic E-state index is 12.5. The largest absolute Gasteiger partial charge is 0.573 e. The summed E-state index contributed by atoms with van der Waals surface area (Å²) >= 11 is 0. The van der Waals surface area contributed by atoms with Gasteiger partial charge in [-0.1, -0.05) is 18.2 Å². The summed E-state index contributed by atoms with van der Waals surface area (Å²) in [4.78, 5) is 12.2. The lowest BCUT2D eigenvalue weighted by atomic mass is 10.1. The molecule has 150 valence electrons. The van der Waals surface area contributed by atoms with Crippen LogP contribution < -0.4 is 19.5 Å². The summed E-state index contributed by atoms with van der Waals surface area (Å²) in [6.45, 7) is 1.76. The van der Waals surface area contributed by atoms with Gasteiger partial charge >= 0.3 is 6.36 Å². The van der Waals surface area contributed by atoms with E-state index in [4.69, 9.17) is 9.47 Å². The van der Waals surface area contributed by atoms with E-state index in [0.717, 1.165) is 11.6 Å². The van der Waals surface area contributed by atoms with Crippen LogP contribution in [-0.2, 0) is 4.79 Å². The third-order valence-corrected chi connectivity index (χ3v) is 3.82. The van der Waals surface area contributed by atoms with Crippen molar-refractivity contribution in [1.82, 2.24) is 5.32 Å². The molecule has 2 rings (SSSR count). The molecule has 8 heteroatoms. The van der Waals surface area contributed by atoms with Gasteiger partial charge in [-0.05, 0) is 31.2 Å². The smallest absolute Gasteiger partial charge is 0.497 e. The van der Waals surface area contributed by atoms with Crippen molar-refractivity contribution in [2.75, 3.05) is 14.2 Å². The fraction of sp³-hybridized carbons (Fsp3) is 0.250. The molecular formula is C20H20F3NO4. The molecule has 2 aromatic carbocycles. The number of rotatable bonds is 7. The van der Waals surface area contributed by atoms with E-state index in [1.165, 1.54) is 38.5 Å². The van der Waals surface area contributed by atoms with E-state index in [1.54, 1.807) is 31.2 Å². The van der Waals surface area contributed by atoms with Crippen molar-refractivity contribution < 1.29 is 32.2 Å². The van der Waals surface area contributed by atoms with Gasteiger partial charge in [-0.2, -0.15) is 0 Å². The molecule has 0 saturated heterocycles. The van der Waals surface area contributed by atoms with Crippen LogP contribution in [0.25, 0.3) is 6.08 Å². The Morgan fingerprint density at radius 3 is 2.43 bits per heavy atom. The Bertz CT molecular complexity index is 850. The number of nitrogens with one attached hydrogen (secondary N) is 1. The highest BCUT2D eigenvalue weighted by atomic mass is 19.4. The predicted molar refractivity (Wildman–Crippen MR) is 98.3 cm³/mol. The number of amides is 1. The van der Waals surface area contributed by atoms with Gasteiger partial charge in [-0.15, -0.1) is 13.2 Å². The number of hydrogen-bond acceptors (Lipinski definition) is 4. The van der Waals surface area contributed by atoms with Crippen molar-refractivity contribution in [1.29, 1.82) is 0 Å². The normalized spacial score (nSPS) is 12.5. The Morgan fingerprint density at radius 2 is 1.79 bits per heavy atom. The van der Waals surface area contributed by atoms with Gasteiger partial charge in [-0.3, -0.25) is 4.79 Å². The highest BCUT2D eigenvalue weighted by molar-refractivity contribution is 5.92. The zero-order chi connectivity index (χ0) is 20.7. The van der Waals surface area contributed by atoms with Crippen LogP contribution in [0.2, 0.25) is 0 Å². The van der Waals surface area contributed by atoms with Crippen molar-refractivity contribution >= 4 is 12.0 Å². The minimum atomic E-state index is -4.81. The Morgan fingerprint density at radius 1 is 1.07 bits per heavy atom. The zero-order valence-electron chi connectivity index (χ0n) is 15.5. The molecule has 1 amide bonds. The first-order valence-electron chi connectivity index (χ1n) is 8.28. The van der Waals surface area contributed by atoms with Gasteiger partial charge in [0.25, 0.3) is 0 Å². The molecule has 5 nitrogen and oxygen atoms in total. The number of benzene rings is 2. The number of methoxy groups -OCH3 is 2. The number of alkyl halides is 3. The third-order valence-electron chi connectivity index (χ3n) is 3.82. The van der Waals surface area contributed by atoms with Gasteiger partial charge in [0.05, 0.1) is 20.3 Å². The van der Waals surface area contributed by atoms with E-state index < -0.39 is 18.3 Å². The fourth-order valence-corrected chi connectivity index (χ4v) is 2.52. The Hall–Kier alpha value is -3.16. The predicted octanol–water partition coefficient (Wildman–Crippen LogP) is 4.49. The highest BCUT2D eigenvalue weighted by Crippen LogP contribution is 2.30. The summed E-state index contributed by atoms with van der Waals surface area (Å²) in [7, 11) is 3.04. The van der Waals surface area contributed by atoms with Gasteiger partial charge in [0.15, 0.2) is 0 Å². The lowest BCUT2D eigenvalue weighted by molar-refractivity contribution is -0.274. The number of hydrogen-bond donors (Lipinski definition) is 1. The summed E-state index contributed by atoms with van der Waals surface area (Å²) in [5.41, 5.74) is 0.857. The summed E-state index contributed by atoms with van der Waals surface area (Å²) in [5, 5.41) is 2.74. The number of halogens is 3. The SMILES string of the molecule is COc1ccc(C(C)NC(=O)/C=C/c2ccccc2OC(F)(F)F)c(OC)c1. The summed E-state index contributed by atoms with van der Waals surface area (Å²) in [6, 6.07) is 10.3. The monoisotopic (exact) mass is 395 g/mol. The van der Waals surface area contributed by atoms with E-state index in [0.29, 0.717) is 11.5 Å². The standard InChI is InChI=1S/C20H20F3NO4/c1-13(16-10-9-15(26-2)12-18(16)27-3)24-19(25)11-8-14-6-4-5-7-17(14)28-20(21,22)23/h4-13H,1-3H3,(H,24,25)/b11-8+.